The van der Waals surface area contributed by atoms with Crippen molar-refractivity contribution in [1.82, 2.24) is 0 Å². The van der Waals surface area contributed by atoms with Gasteiger partial charge in [-0.15, -0.1) is 0 Å². The molecule has 4 fully saturated rings. The van der Waals surface area contributed by atoms with Crippen molar-refractivity contribution in [2.45, 2.75) is 79.1 Å². The van der Waals surface area contributed by atoms with E-state index in [0.717, 1.165) is 42.4 Å². The lowest BCUT2D eigenvalue weighted by molar-refractivity contribution is -0.148. The van der Waals surface area contributed by atoms with Gasteiger partial charge in [0.15, 0.2) is 0 Å². The summed E-state index contributed by atoms with van der Waals surface area (Å²) in [5, 5.41) is 0. The van der Waals surface area contributed by atoms with Crippen LogP contribution >= 0.6 is 0 Å². The van der Waals surface area contributed by atoms with Crippen molar-refractivity contribution in [2.24, 2.45) is 46.3 Å². The van der Waals surface area contributed by atoms with Gasteiger partial charge in [0, 0.05) is 12.8 Å². The topological polar surface area (TPSA) is 17.1 Å². The third-order valence-corrected chi connectivity index (χ3v) is 9.32. The second-order valence-corrected chi connectivity index (χ2v) is 9.97. The highest BCUT2D eigenvalue weighted by Crippen LogP contribution is 2.68. The van der Waals surface area contributed by atoms with E-state index < -0.39 is 0 Å². The molecular formula is C21H34O. The molecule has 22 heavy (non-hydrogen) atoms. The van der Waals surface area contributed by atoms with Gasteiger partial charge in [-0.2, -0.15) is 0 Å². The van der Waals surface area contributed by atoms with Gasteiger partial charge in [-0.3, -0.25) is 4.79 Å². The summed E-state index contributed by atoms with van der Waals surface area (Å²) in [6.45, 7) is 10.2. The Kier molecular flexibility index (Phi) is 3.34. The third kappa shape index (κ3) is 1.86. The Bertz CT molecular complexity index is 482. The van der Waals surface area contributed by atoms with Crippen LogP contribution in [-0.4, -0.2) is 5.78 Å². The summed E-state index contributed by atoms with van der Waals surface area (Å²) < 4.78 is 0. The first-order valence-electron chi connectivity index (χ1n) is 9.88. The number of carbonyl (C=O) groups is 1. The fraction of sp³-hybridized carbons (Fsp3) is 0.952. The Balaban J connectivity index is 1.68. The molecule has 1 heteroatoms. The van der Waals surface area contributed by atoms with Crippen LogP contribution in [0.5, 0.6) is 0 Å². The Hall–Kier alpha value is -0.330. The van der Waals surface area contributed by atoms with Crippen LogP contribution in [0.3, 0.4) is 0 Å². The Morgan fingerprint density at radius 2 is 1.68 bits per heavy atom. The molecule has 4 aliphatic carbocycles. The van der Waals surface area contributed by atoms with Gasteiger partial charge >= 0.3 is 0 Å². The lowest BCUT2D eigenvalue weighted by Crippen LogP contribution is -2.56. The molecule has 0 spiro atoms. The monoisotopic (exact) mass is 302 g/mol. The Morgan fingerprint density at radius 3 is 2.45 bits per heavy atom. The van der Waals surface area contributed by atoms with Crippen molar-refractivity contribution >= 4 is 5.78 Å². The predicted octanol–water partition coefficient (Wildman–Crippen LogP) is 5.48. The van der Waals surface area contributed by atoms with Crippen LogP contribution in [0.4, 0.5) is 0 Å². The van der Waals surface area contributed by atoms with Crippen molar-refractivity contribution < 1.29 is 4.79 Å². The molecule has 0 aromatic heterocycles. The minimum atomic E-state index is 0.470. The average Bonchev–Trinajstić information content (AvgIpc) is 2.77. The SMILES string of the molecule is C[C@@H]1CC2CC(=O)CC[C@]2(C)C2CC[C@@]3(C)C(CC[C@@H]3C)C21. The largest absolute Gasteiger partial charge is 0.300 e. The number of Topliss-reactive ketones (excluding diaryl/α,β-unsaturated/α-hetero) is 1. The third-order valence-electron chi connectivity index (χ3n) is 9.32. The maximum Gasteiger partial charge on any atom is 0.133 e. The van der Waals surface area contributed by atoms with E-state index in [2.05, 4.69) is 27.7 Å². The van der Waals surface area contributed by atoms with Crippen LogP contribution in [-0.2, 0) is 4.79 Å². The van der Waals surface area contributed by atoms with E-state index in [1.54, 1.807) is 0 Å². The van der Waals surface area contributed by atoms with Crippen LogP contribution < -0.4 is 0 Å². The van der Waals surface area contributed by atoms with Gasteiger partial charge < -0.3 is 0 Å². The lowest BCUT2D eigenvalue weighted by Gasteiger charge is -2.62. The normalized spacial score (nSPS) is 57.9. The van der Waals surface area contributed by atoms with Gasteiger partial charge in [0.05, 0.1) is 0 Å². The first-order chi connectivity index (χ1) is 10.4. The van der Waals surface area contributed by atoms with Gasteiger partial charge in [0.25, 0.3) is 0 Å². The van der Waals surface area contributed by atoms with Crippen LogP contribution in [0.25, 0.3) is 0 Å². The van der Waals surface area contributed by atoms with E-state index in [-0.39, 0.29) is 0 Å². The smallest absolute Gasteiger partial charge is 0.133 e. The molecule has 4 unspecified atom stereocenters. The Labute approximate surface area is 136 Å². The fourth-order valence-electron chi connectivity index (χ4n) is 7.69. The van der Waals surface area contributed by atoms with E-state index in [0.29, 0.717) is 22.5 Å². The Morgan fingerprint density at radius 1 is 0.955 bits per heavy atom. The van der Waals surface area contributed by atoms with Crippen molar-refractivity contribution in [3.63, 3.8) is 0 Å². The summed E-state index contributed by atoms with van der Waals surface area (Å²) in [4.78, 5) is 12.0. The summed E-state index contributed by atoms with van der Waals surface area (Å²) >= 11 is 0. The summed E-state index contributed by atoms with van der Waals surface area (Å²) in [7, 11) is 0. The fourth-order valence-corrected chi connectivity index (χ4v) is 7.69. The highest BCUT2D eigenvalue weighted by atomic mass is 16.1. The van der Waals surface area contributed by atoms with Crippen molar-refractivity contribution in [2.75, 3.05) is 0 Å². The van der Waals surface area contributed by atoms with Gasteiger partial charge in [-0.1, -0.05) is 27.7 Å². The molecule has 0 N–H and O–H groups in total. The van der Waals surface area contributed by atoms with E-state index >= 15 is 0 Å². The summed E-state index contributed by atoms with van der Waals surface area (Å²) in [6.07, 6.45) is 10.1. The standard InChI is InChI=1S/C21H34O/c1-13-11-15-12-16(22)7-9-21(15,4)18-8-10-20(3)14(2)5-6-17(20)19(13)18/h13-15,17-19H,5-12H2,1-4H3/t13-,14+,15?,17?,18?,19?,20-,21+/m1/s1. The lowest BCUT2D eigenvalue weighted by atomic mass is 9.43. The maximum atomic E-state index is 12.0. The molecule has 0 bridgehead atoms. The van der Waals surface area contributed by atoms with E-state index in [1.807, 2.05) is 0 Å². The summed E-state index contributed by atoms with van der Waals surface area (Å²) in [6, 6.07) is 0. The van der Waals surface area contributed by atoms with Gasteiger partial charge in [0.1, 0.15) is 5.78 Å². The molecule has 0 amide bonds. The van der Waals surface area contributed by atoms with Gasteiger partial charge in [-0.25, -0.2) is 0 Å². The van der Waals surface area contributed by atoms with Crippen molar-refractivity contribution in [1.29, 1.82) is 0 Å². The maximum absolute atomic E-state index is 12.0. The van der Waals surface area contributed by atoms with Crippen molar-refractivity contribution in [3.05, 3.63) is 0 Å². The number of ketones is 1. The molecule has 0 aliphatic heterocycles. The molecular weight excluding hydrogens is 268 g/mol. The molecule has 4 saturated carbocycles. The molecule has 0 saturated heterocycles. The molecule has 124 valence electrons. The molecule has 0 heterocycles. The highest BCUT2D eigenvalue weighted by Gasteiger charge is 2.61. The molecule has 0 radical (unpaired) electrons. The van der Waals surface area contributed by atoms with Gasteiger partial charge in [-0.05, 0) is 84.9 Å². The predicted molar refractivity (Wildman–Crippen MR) is 90.4 cm³/mol. The second-order valence-electron chi connectivity index (χ2n) is 9.97. The van der Waals surface area contributed by atoms with Crippen molar-refractivity contribution in [3.8, 4) is 0 Å². The van der Waals surface area contributed by atoms with E-state index in [9.17, 15) is 4.79 Å². The number of fused-ring (bicyclic) bond motifs is 5. The number of hydrogen-bond acceptors (Lipinski definition) is 1. The van der Waals surface area contributed by atoms with Gasteiger partial charge in [0.2, 0.25) is 0 Å². The van der Waals surface area contributed by atoms with Crippen LogP contribution in [0, 0.1) is 46.3 Å². The quantitative estimate of drug-likeness (QED) is 0.579. The highest BCUT2D eigenvalue weighted by molar-refractivity contribution is 5.79. The number of carbonyl (C=O) groups excluding carboxylic acids is 1. The molecule has 4 rings (SSSR count). The molecule has 0 aromatic carbocycles. The first kappa shape index (κ1) is 15.2. The van der Waals surface area contributed by atoms with E-state index in [1.165, 1.54) is 38.5 Å². The van der Waals surface area contributed by atoms with Crippen LogP contribution in [0.15, 0.2) is 0 Å². The summed E-state index contributed by atoms with van der Waals surface area (Å²) in [5.74, 6) is 5.80. The zero-order valence-corrected chi connectivity index (χ0v) is 15.0. The molecule has 1 nitrogen and oxygen atoms in total. The minimum absolute atomic E-state index is 0.470. The first-order valence-corrected chi connectivity index (χ1v) is 9.88. The second kappa shape index (κ2) is 4.84. The summed E-state index contributed by atoms with van der Waals surface area (Å²) in [5.41, 5.74) is 1.08. The molecule has 8 atom stereocenters. The molecule has 0 aromatic rings. The minimum Gasteiger partial charge on any atom is -0.300 e. The average molecular weight is 303 g/mol. The van der Waals surface area contributed by atoms with Crippen LogP contribution in [0.1, 0.15) is 79.1 Å². The number of rotatable bonds is 0. The number of hydrogen-bond donors (Lipinski definition) is 0. The molecule has 4 aliphatic rings. The van der Waals surface area contributed by atoms with Crippen LogP contribution in [0.2, 0.25) is 0 Å². The zero-order chi connectivity index (χ0) is 15.7. The zero-order valence-electron chi connectivity index (χ0n) is 15.0. The van der Waals surface area contributed by atoms with E-state index in [4.69, 9.17) is 0 Å².